The van der Waals surface area contributed by atoms with E-state index in [1.54, 1.807) is 42.5 Å². The standard InChI is InChI=1S/C20H19N3O5/c1-27-15-8-14(9-16(10-15)28-2)22-18(24)17-11-21-20(26)23(19(17)25)12-13-6-4-3-5-7-13/h3-11H,12H2,1-2H3,(H,21,26)(H,22,24). The Morgan fingerprint density at radius 2 is 1.68 bits per heavy atom. The molecular weight excluding hydrogens is 362 g/mol. The first-order valence-electron chi connectivity index (χ1n) is 8.42. The normalized spacial score (nSPS) is 10.4. The summed E-state index contributed by atoms with van der Waals surface area (Å²) in [5.41, 5.74) is -0.294. The average Bonchev–Trinajstić information content (AvgIpc) is 2.71. The SMILES string of the molecule is COc1cc(NC(=O)c2c[nH]c(=O)n(Cc3ccccc3)c2=O)cc(OC)c1. The van der Waals surface area contributed by atoms with E-state index < -0.39 is 17.2 Å². The Morgan fingerprint density at radius 3 is 2.29 bits per heavy atom. The summed E-state index contributed by atoms with van der Waals surface area (Å²) >= 11 is 0. The van der Waals surface area contributed by atoms with Crippen molar-refractivity contribution < 1.29 is 14.3 Å². The van der Waals surface area contributed by atoms with Gasteiger partial charge in [-0.25, -0.2) is 4.79 Å². The van der Waals surface area contributed by atoms with E-state index in [-0.39, 0.29) is 12.1 Å². The average molecular weight is 381 g/mol. The molecule has 0 radical (unpaired) electrons. The van der Waals surface area contributed by atoms with E-state index in [0.29, 0.717) is 17.2 Å². The zero-order chi connectivity index (χ0) is 20.1. The van der Waals surface area contributed by atoms with Crippen molar-refractivity contribution in [2.24, 2.45) is 0 Å². The number of hydrogen-bond donors (Lipinski definition) is 2. The summed E-state index contributed by atoms with van der Waals surface area (Å²) in [4.78, 5) is 39.9. The minimum absolute atomic E-state index is 0.0586. The van der Waals surface area contributed by atoms with Crippen molar-refractivity contribution in [2.75, 3.05) is 19.5 Å². The molecule has 0 saturated carbocycles. The van der Waals surface area contributed by atoms with E-state index in [0.717, 1.165) is 16.3 Å². The monoisotopic (exact) mass is 381 g/mol. The van der Waals surface area contributed by atoms with Gasteiger partial charge in [0.15, 0.2) is 0 Å². The highest BCUT2D eigenvalue weighted by Gasteiger charge is 2.16. The maximum Gasteiger partial charge on any atom is 0.328 e. The summed E-state index contributed by atoms with van der Waals surface area (Å²) in [5.74, 6) is 0.314. The molecule has 0 saturated heterocycles. The summed E-state index contributed by atoms with van der Waals surface area (Å²) in [6, 6.07) is 13.9. The van der Waals surface area contributed by atoms with Gasteiger partial charge in [-0.05, 0) is 5.56 Å². The number of nitrogens with zero attached hydrogens (tertiary/aromatic N) is 1. The van der Waals surface area contributed by atoms with E-state index in [2.05, 4.69) is 10.3 Å². The highest BCUT2D eigenvalue weighted by atomic mass is 16.5. The van der Waals surface area contributed by atoms with Crippen molar-refractivity contribution in [2.45, 2.75) is 6.54 Å². The number of benzene rings is 2. The number of aromatic nitrogens is 2. The number of amides is 1. The van der Waals surface area contributed by atoms with E-state index in [9.17, 15) is 14.4 Å². The van der Waals surface area contributed by atoms with Crippen LogP contribution in [0.15, 0.2) is 64.3 Å². The molecule has 0 aliphatic rings. The zero-order valence-electron chi connectivity index (χ0n) is 15.4. The fourth-order valence-electron chi connectivity index (χ4n) is 2.66. The van der Waals surface area contributed by atoms with Gasteiger partial charge in [-0.3, -0.25) is 14.2 Å². The number of ether oxygens (including phenoxy) is 2. The van der Waals surface area contributed by atoms with E-state index in [1.807, 2.05) is 6.07 Å². The summed E-state index contributed by atoms with van der Waals surface area (Å²) in [7, 11) is 2.98. The number of rotatable bonds is 6. The van der Waals surface area contributed by atoms with Crippen molar-refractivity contribution in [3.8, 4) is 11.5 Å². The fourth-order valence-corrected chi connectivity index (χ4v) is 2.66. The van der Waals surface area contributed by atoms with Gasteiger partial charge in [0, 0.05) is 30.1 Å². The number of aromatic amines is 1. The number of anilines is 1. The van der Waals surface area contributed by atoms with Crippen molar-refractivity contribution >= 4 is 11.6 Å². The van der Waals surface area contributed by atoms with Gasteiger partial charge in [0.05, 0.1) is 20.8 Å². The van der Waals surface area contributed by atoms with Gasteiger partial charge in [0.2, 0.25) is 0 Å². The summed E-state index contributed by atoms with van der Waals surface area (Å²) in [6.45, 7) is 0.0586. The number of H-pyrrole nitrogens is 1. The molecule has 2 aromatic carbocycles. The largest absolute Gasteiger partial charge is 0.497 e. The molecule has 0 unspecified atom stereocenters. The molecule has 1 amide bonds. The Bertz CT molecular complexity index is 1080. The summed E-state index contributed by atoms with van der Waals surface area (Å²) in [5, 5.41) is 2.62. The van der Waals surface area contributed by atoms with E-state index in [4.69, 9.17) is 9.47 Å². The molecule has 3 aromatic rings. The molecule has 144 valence electrons. The van der Waals surface area contributed by atoms with Gasteiger partial charge in [-0.1, -0.05) is 30.3 Å². The molecule has 0 bridgehead atoms. The van der Waals surface area contributed by atoms with Crippen LogP contribution in [0.3, 0.4) is 0 Å². The van der Waals surface area contributed by atoms with Crippen molar-refractivity contribution in [3.63, 3.8) is 0 Å². The molecule has 0 aliphatic heterocycles. The first-order chi connectivity index (χ1) is 13.5. The minimum Gasteiger partial charge on any atom is -0.497 e. The van der Waals surface area contributed by atoms with Crippen LogP contribution in [0.5, 0.6) is 11.5 Å². The molecule has 0 fully saturated rings. The predicted octanol–water partition coefficient (Wildman–Crippen LogP) is 1.85. The predicted molar refractivity (Wildman–Crippen MR) is 104 cm³/mol. The lowest BCUT2D eigenvalue weighted by molar-refractivity contribution is 0.102. The maximum atomic E-state index is 12.7. The van der Waals surface area contributed by atoms with Gasteiger partial charge in [0.1, 0.15) is 17.1 Å². The lowest BCUT2D eigenvalue weighted by Crippen LogP contribution is -2.39. The van der Waals surface area contributed by atoms with Crippen molar-refractivity contribution in [1.82, 2.24) is 9.55 Å². The maximum absolute atomic E-state index is 12.7. The van der Waals surface area contributed by atoms with E-state index in [1.165, 1.54) is 14.2 Å². The third kappa shape index (κ3) is 4.12. The van der Waals surface area contributed by atoms with Gasteiger partial charge >= 0.3 is 5.69 Å². The zero-order valence-corrected chi connectivity index (χ0v) is 15.4. The Balaban J connectivity index is 1.92. The first-order valence-corrected chi connectivity index (χ1v) is 8.42. The van der Waals surface area contributed by atoms with Crippen LogP contribution in [-0.4, -0.2) is 29.7 Å². The van der Waals surface area contributed by atoms with Gasteiger partial charge in [0.25, 0.3) is 11.5 Å². The van der Waals surface area contributed by atoms with Crippen LogP contribution in [0.25, 0.3) is 0 Å². The molecule has 0 atom stereocenters. The second-order valence-corrected chi connectivity index (χ2v) is 5.94. The van der Waals surface area contributed by atoms with Crippen molar-refractivity contribution in [3.05, 3.63) is 86.7 Å². The molecular formula is C20H19N3O5. The molecule has 0 spiro atoms. The molecule has 1 aromatic heterocycles. The van der Waals surface area contributed by atoms with Crippen LogP contribution in [0.1, 0.15) is 15.9 Å². The topological polar surface area (TPSA) is 102 Å². The van der Waals surface area contributed by atoms with Crippen LogP contribution in [0.4, 0.5) is 5.69 Å². The van der Waals surface area contributed by atoms with Crippen LogP contribution < -0.4 is 26.0 Å². The molecule has 8 heteroatoms. The lowest BCUT2D eigenvalue weighted by Gasteiger charge is -2.10. The van der Waals surface area contributed by atoms with Crippen LogP contribution in [0.2, 0.25) is 0 Å². The number of carbonyl (C=O) groups excluding carboxylic acids is 1. The molecule has 28 heavy (non-hydrogen) atoms. The molecule has 1 heterocycles. The molecule has 0 aliphatic carbocycles. The first kappa shape index (κ1) is 19.0. The molecule has 2 N–H and O–H groups in total. The number of nitrogens with one attached hydrogen (secondary N) is 2. The summed E-state index contributed by atoms with van der Waals surface area (Å²) in [6.07, 6.45) is 1.11. The van der Waals surface area contributed by atoms with Crippen LogP contribution >= 0.6 is 0 Å². The second kappa shape index (κ2) is 8.26. The fraction of sp³-hybridized carbons (Fsp3) is 0.150. The second-order valence-electron chi connectivity index (χ2n) is 5.94. The third-order valence-corrected chi connectivity index (χ3v) is 4.10. The Morgan fingerprint density at radius 1 is 1.04 bits per heavy atom. The lowest BCUT2D eigenvalue weighted by atomic mass is 10.2. The summed E-state index contributed by atoms with van der Waals surface area (Å²) < 4.78 is 11.3. The Hall–Kier alpha value is -3.81. The van der Waals surface area contributed by atoms with Crippen molar-refractivity contribution in [1.29, 1.82) is 0 Å². The van der Waals surface area contributed by atoms with Gasteiger partial charge < -0.3 is 19.8 Å². The Labute approximate surface area is 160 Å². The smallest absolute Gasteiger partial charge is 0.328 e. The third-order valence-electron chi connectivity index (χ3n) is 4.10. The van der Waals surface area contributed by atoms with Gasteiger partial charge in [-0.15, -0.1) is 0 Å². The molecule has 8 nitrogen and oxygen atoms in total. The van der Waals surface area contributed by atoms with Crippen LogP contribution in [0, 0.1) is 0 Å². The number of carbonyl (C=O) groups is 1. The minimum atomic E-state index is -0.681. The van der Waals surface area contributed by atoms with Gasteiger partial charge in [-0.2, -0.15) is 0 Å². The molecule has 3 rings (SSSR count). The van der Waals surface area contributed by atoms with Crippen LogP contribution in [-0.2, 0) is 6.54 Å². The number of hydrogen-bond acceptors (Lipinski definition) is 5. The highest BCUT2D eigenvalue weighted by Crippen LogP contribution is 2.25. The number of methoxy groups -OCH3 is 2. The Kier molecular flexibility index (Phi) is 5.59. The highest BCUT2D eigenvalue weighted by molar-refractivity contribution is 6.04. The quantitative estimate of drug-likeness (QED) is 0.678. The van der Waals surface area contributed by atoms with E-state index >= 15 is 0 Å².